The highest BCUT2D eigenvalue weighted by atomic mass is 32.1. The Morgan fingerprint density at radius 1 is 1.59 bits per heavy atom. The second-order valence-corrected chi connectivity index (χ2v) is 4.30. The van der Waals surface area contributed by atoms with Gasteiger partial charge in [0.2, 0.25) is 0 Å². The minimum Gasteiger partial charge on any atom is -0.481 e. The second-order valence-electron chi connectivity index (χ2n) is 3.38. The predicted molar refractivity (Wildman–Crippen MR) is 63.9 cm³/mol. The monoisotopic (exact) mass is 257 g/mol. The molecule has 0 spiro atoms. The summed E-state index contributed by atoms with van der Waals surface area (Å²) in [5.41, 5.74) is 0. The van der Waals surface area contributed by atoms with Crippen molar-refractivity contribution in [2.24, 2.45) is 0 Å². The van der Waals surface area contributed by atoms with E-state index in [-0.39, 0.29) is 25.0 Å². The fraction of sp³-hybridized carbons (Fsp3) is 0.500. The van der Waals surface area contributed by atoms with Crippen molar-refractivity contribution < 1.29 is 14.7 Å². The maximum Gasteiger partial charge on any atom is 0.315 e. The van der Waals surface area contributed by atoms with Gasteiger partial charge in [-0.3, -0.25) is 4.79 Å². The topological polar surface area (TPSA) is 91.3 Å². The molecule has 1 aromatic rings. The summed E-state index contributed by atoms with van der Waals surface area (Å²) in [7, 11) is 0. The van der Waals surface area contributed by atoms with Crippen LogP contribution in [0.25, 0.3) is 0 Å². The fourth-order valence-electron chi connectivity index (χ4n) is 1.24. The third-order valence-corrected chi connectivity index (χ3v) is 2.98. The van der Waals surface area contributed by atoms with Gasteiger partial charge >= 0.3 is 12.0 Å². The number of carboxylic acids is 1. The van der Waals surface area contributed by atoms with Gasteiger partial charge in [0.1, 0.15) is 5.01 Å². The first-order valence-electron chi connectivity index (χ1n) is 5.29. The molecule has 2 amide bonds. The van der Waals surface area contributed by atoms with E-state index in [9.17, 15) is 9.59 Å². The molecule has 0 radical (unpaired) electrons. The number of carbonyl (C=O) groups excluding carboxylic acids is 1. The van der Waals surface area contributed by atoms with Crippen LogP contribution in [-0.4, -0.2) is 28.6 Å². The van der Waals surface area contributed by atoms with Gasteiger partial charge < -0.3 is 15.7 Å². The molecule has 0 bridgehead atoms. The molecule has 0 saturated carbocycles. The summed E-state index contributed by atoms with van der Waals surface area (Å²) < 4.78 is 0. The van der Waals surface area contributed by atoms with Gasteiger partial charge in [-0.15, -0.1) is 11.3 Å². The number of aliphatic carboxylic acids is 1. The lowest BCUT2D eigenvalue weighted by atomic mass is 10.2. The van der Waals surface area contributed by atoms with Crippen LogP contribution in [0.3, 0.4) is 0 Å². The van der Waals surface area contributed by atoms with E-state index in [2.05, 4.69) is 15.6 Å². The van der Waals surface area contributed by atoms with Crippen molar-refractivity contribution >= 4 is 23.3 Å². The third-order valence-electron chi connectivity index (χ3n) is 2.09. The molecular formula is C10H15N3O3S. The largest absolute Gasteiger partial charge is 0.481 e. The number of amides is 2. The van der Waals surface area contributed by atoms with Gasteiger partial charge in [-0.25, -0.2) is 9.78 Å². The van der Waals surface area contributed by atoms with E-state index in [1.807, 2.05) is 12.3 Å². The molecule has 1 heterocycles. The highest BCUT2D eigenvalue weighted by molar-refractivity contribution is 7.09. The summed E-state index contributed by atoms with van der Waals surface area (Å²) >= 11 is 1.48. The van der Waals surface area contributed by atoms with E-state index < -0.39 is 5.97 Å². The molecule has 0 saturated heterocycles. The molecule has 0 fully saturated rings. The van der Waals surface area contributed by atoms with Crippen LogP contribution in [0.2, 0.25) is 0 Å². The van der Waals surface area contributed by atoms with E-state index >= 15 is 0 Å². The number of aromatic nitrogens is 1. The SMILES string of the molecule is CCC(NC(=O)NCCC(=O)O)c1nccs1. The number of nitrogens with zero attached hydrogens (tertiary/aromatic N) is 1. The molecule has 1 unspecified atom stereocenters. The van der Waals surface area contributed by atoms with Gasteiger partial charge in [-0.05, 0) is 6.42 Å². The summed E-state index contributed by atoms with van der Waals surface area (Å²) in [6, 6.07) is -0.492. The zero-order valence-corrected chi connectivity index (χ0v) is 10.3. The quantitative estimate of drug-likeness (QED) is 0.717. The number of nitrogens with one attached hydrogen (secondary N) is 2. The van der Waals surface area contributed by atoms with E-state index in [0.29, 0.717) is 0 Å². The lowest BCUT2D eigenvalue weighted by Gasteiger charge is -2.14. The van der Waals surface area contributed by atoms with Crippen LogP contribution in [0.4, 0.5) is 4.79 Å². The molecule has 7 heteroatoms. The van der Waals surface area contributed by atoms with Crippen LogP contribution >= 0.6 is 11.3 Å². The summed E-state index contributed by atoms with van der Waals surface area (Å²) in [6.45, 7) is 2.07. The van der Waals surface area contributed by atoms with Crippen molar-refractivity contribution in [2.45, 2.75) is 25.8 Å². The molecule has 0 aromatic carbocycles. The van der Waals surface area contributed by atoms with E-state index in [4.69, 9.17) is 5.11 Å². The fourth-order valence-corrected chi connectivity index (χ4v) is 2.01. The number of carboxylic acid groups (broad SMARTS) is 1. The van der Waals surface area contributed by atoms with Crippen molar-refractivity contribution in [3.8, 4) is 0 Å². The number of rotatable bonds is 6. The molecule has 94 valence electrons. The maximum absolute atomic E-state index is 11.5. The Kier molecular flexibility index (Phi) is 5.41. The van der Waals surface area contributed by atoms with Crippen molar-refractivity contribution in [3.63, 3.8) is 0 Å². The number of carbonyl (C=O) groups is 2. The Balaban J connectivity index is 2.36. The second kappa shape index (κ2) is 6.85. The normalized spacial score (nSPS) is 11.8. The van der Waals surface area contributed by atoms with Crippen LogP contribution in [0, 0.1) is 0 Å². The predicted octanol–water partition coefficient (Wildman–Crippen LogP) is 1.37. The van der Waals surface area contributed by atoms with Crippen molar-refractivity contribution in [3.05, 3.63) is 16.6 Å². The Morgan fingerprint density at radius 3 is 2.88 bits per heavy atom. The van der Waals surface area contributed by atoms with Gasteiger partial charge in [-0.1, -0.05) is 6.92 Å². The zero-order chi connectivity index (χ0) is 12.7. The van der Waals surface area contributed by atoms with Gasteiger partial charge in [-0.2, -0.15) is 0 Å². The highest BCUT2D eigenvalue weighted by Gasteiger charge is 2.14. The molecule has 17 heavy (non-hydrogen) atoms. The van der Waals surface area contributed by atoms with Crippen LogP contribution < -0.4 is 10.6 Å². The van der Waals surface area contributed by atoms with Crippen LogP contribution in [0.15, 0.2) is 11.6 Å². The van der Waals surface area contributed by atoms with E-state index in [1.54, 1.807) is 6.20 Å². The molecule has 3 N–H and O–H groups in total. The molecule has 1 atom stereocenters. The molecule has 1 rings (SSSR count). The number of urea groups is 1. The van der Waals surface area contributed by atoms with Crippen LogP contribution in [0.5, 0.6) is 0 Å². The first-order valence-corrected chi connectivity index (χ1v) is 6.17. The average Bonchev–Trinajstić information content (AvgIpc) is 2.78. The lowest BCUT2D eigenvalue weighted by Crippen LogP contribution is -2.38. The maximum atomic E-state index is 11.5. The molecule has 0 aliphatic rings. The summed E-state index contributed by atoms with van der Waals surface area (Å²) in [5, 5.41) is 16.4. The number of hydrogen-bond acceptors (Lipinski definition) is 4. The van der Waals surface area contributed by atoms with Gasteiger partial charge in [0, 0.05) is 18.1 Å². The Morgan fingerprint density at radius 2 is 2.35 bits per heavy atom. The Hall–Kier alpha value is -1.63. The molecule has 6 nitrogen and oxygen atoms in total. The molecule has 1 aromatic heterocycles. The molecule has 0 aliphatic carbocycles. The Bertz CT molecular complexity index is 367. The lowest BCUT2D eigenvalue weighted by molar-refractivity contribution is -0.136. The van der Waals surface area contributed by atoms with Crippen molar-refractivity contribution in [1.29, 1.82) is 0 Å². The minimum absolute atomic E-state index is 0.0819. The first kappa shape index (κ1) is 13.4. The average molecular weight is 257 g/mol. The summed E-state index contributed by atoms with van der Waals surface area (Å²) in [6.07, 6.45) is 2.34. The van der Waals surface area contributed by atoms with Crippen molar-refractivity contribution in [1.82, 2.24) is 15.6 Å². The summed E-state index contributed by atoms with van der Waals surface area (Å²) in [4.78, 5) is 25.8. The summed E-state index contributed by atoms with van der Waals surface area (Å²) in [5.74, 6) is -0.933. The first-order chi connectivity index (χ1) is 8.13. The van der Waals surface area contributed by atoms with Gasteiger partial charge in [0.25, 0.3) is 0 Å². The van der Waals surface area contributed by atoms with Crippen LogP contribution in [-0.2, 0) is 4.79 Å². The van der Waals surface area contributed by atoms with Gasteiger partial charge in [0.15, 0.2) is 0 Å². The highest BCUT2D eigenvalue weighted by Crippen LogP contribution is 2.18. The Labute approximate surface area is 103 Å². The van der Waals surface area contributed by atoms with E-state index in [1.165, 1.54) is 11.3 Å². The van der Waals surface area contributed by atoms with E-state index in [0.717, 1.165) is 11.4 Å². The van der Waals surface area contributed by atoms with Gasteiger partial charge in [0.05, 0.1) is 12.5 Å². The molecule has 0 aliphatic heterocycles. The van der Waals surface area contributed by atoms with Crippen LogP contribution in [0.1, 0.15) is 30.8 Å². The zero-order valence-electron chi connectivity index (χ0n) is 9.47. The minimum atomic E-state index is -0.933. The number of thiazole rings is 1. The number of hydrogen-bond donors (Lipinski definition) is 3. The smallest absolute Gasteiger partial charge is 0.315 e. The standard InChI is InChI=1S/C10H15N3O3S/c1-2-7(9-11-5-6-17-9)13-10(16)12-4-3-8(14)15/h5-7H,2-4H2,1H3,(H,14,15)(H2,12,13,16). The third kappa shape index (κ3) is 4.81. The molecular weight excluding hydrogens is 242 g/mol. The van der Waals surface area contributed by atoms with Crippen molar-refractivity contribution in [2.75, 3.05) is 6.54 Å².